The molecule has 1 atom stereocenters. The maximum absolute atomic E-state index is 10.4. The van der Waals surface area contributed by atoms with E-state index >= 15 is 0 Å². The molecule has 0 aliphatic heterocycles. The number of aliphatic hydroxyl groups is 1. The van der Waals surface area contributed by atoms with Crippen molar-refractivity contribution in [2.45, 2.75) is 136 Å². The fourth-order valence-corrected chi connectivity index (χ4v) is 3.31. The Kier molecular flexibility index (Phi) is 28.4. The Hall–Kier alpha value is -0.830. The molecule has 0 saturated heterocycles. The van der Waals surface area contributed by atoms with Gasteiger partial charge in [-0.25, -0.2) is 0 Å². The average Bonchev–Trinajstić information content (AvgIpc) is 2.72. The van der Waals surface area contributed by atoms with Crippen LogP contribution in [0.15, 0.2) is 12.2 Å². The SMILES string of the molecule is CCCCC(CC)C(=O)O.CCCCCCCC/C=C\CCCCCCCCO. The summed E-state index contributed by atoms with van der Waals surface area (Å²) in [5.41, 5.74) is 0. The van der Waals surface area contributed by atoms with E-state index in [9.17, 15) is 4.79 Å². The molecule has 0 bridgehead atoms. The Labute approximate surface area is 182 Å². The molecule has 1 unspecified atom stereocenters. The first-order valence-corrected chi connectivity index (χ1v) is 12.6. The number of aliphatic carboxylic acids is 1. The van der Waals surface area contributed by atoms with Crippen LogP contribution in [0, 0.1) is 5.92 Å². The lowest BCUT2D eigenvalue weighted by atomic mass is 10.00. The zero-order chi connectivity index (χ0) is 22.0. The fourth-order valence-electron chi connectivity index (χ4n) is 3.31. The zero-order valence-corrected chi connectivity index (χ0v) is 20.0. The molecule has 0 aromatic carbocycles. The van der Waals surface area contributed by atoms with E-state index in [1.165, 1.54) is 83.5 Å². The highest BCUT2D eigenvalue weighted by Crippen LogP contribution is 2.12. The van der Waals surface area contributed by atoms with Gasteiger partial charge in [0.05, 0.1) is 5.92 Å². The van der Waals surface area contributed by atoms with E-state index < -0.39 is 5.97 Å². The Morgan fingerprint density at radius 1 is 0.690 bits per heavy atom. The molecule has 0 aliphatic rings. The van der Waals surface area contributed by atoms with Crippen molar-refractivity contribution in [3.63, 3.8) is 0 Å². The lowest BCUT2D eigenvalue weighted by molar-refractivity contribution is -0.142. The number of allylic oxidation sites excluding steroid dienone is 2. The van der Waals surface area contributed by atoms with Gasteiger partial charge in [0, 0.05) is 6.61 Å². The molecule has 0 amide bonds. The van der Waals surface area contributed by atoms with Gasteiger partial charge in [0.25, 0.3) is 0 Å². The summed E-state index contributed by atoms with van der Waals surface area (Å²) >= 11 is 0. The van der Waals surface area contributed by atoms with Crippen molar-refractivity contribution in [2.24, 2.45) is 5.92 Å². The summed E-state index contributed by atoms with van der Waals surface area (Å²) in [7, 11) is 0. The summed E-state index contributed by atoms with van der Waals surface area (Å²) in [6.07, 6.45) is 26.9. The van der Waals surface area contributed by atoms with E-state index in [0.29, 0.717) is 6.61 Å². The minimum Gasteiger partial charge on any atom is -0.481 e. The minimum atomic E-state index is -0.643. The van der Waals surface area contributed by atoms with E-state index in [0.717, 1.165) is 32.1 Å². The van der Waals surface area contributed by atoms with E-state index in [-0.39, 0.29) is 5.92 Å². The Balaban J connectivity index is 0. The second kappa shape index (κ2) is 27.2. The molecule has 0 heterocycles. The predicted molar refractivity (Wildman–Crippen MR) is 127 cm³/mol. The molecule has 0 aromatic rings. The number of carboxylic acids is 1. The van der Waals surface area contributed by atoms with Crippen LogP contribution in [0.1, 0.15) is 136 Å². The molecule has 174 valence electrons. The molecule has 0 spiro atoms. The van der Waals surface area contributed by atoms with E-state index in [1.54, 1.807) is 0 Å². The lowest BCUT2D eigenvalue weighted by Crippen LogP contribution is -2.11. The van der Waals surface area contributed by atoms with Gasteiger partial charge in [0.1, 0.15) is 0 Å². The summed E-state index contributed by atoms with van der Waals surface area (Å²) in [5.74, 6) is -0.754. The van der Waals surface area contributed by atoms with Gasteiger partial charge in [0.15, 0.2) is 0 Å². The van der Waals surface area contributed by atoms with Gasteiger partial charge in [-0.2, -0.15) is 0 Å². The van der Waals surface area contributed by atoms with Crippen LogP contribution in [-0.4, -0.2) is 22.8 Å². The number of carboxylic acid groups (broad SMARTS) is 1. The molecular formula is C26H52O3. The molecule has 0 radical (unpaired) electrons. The van der Waals surface area contributed by atoms with Crippen LogP contribution in [0.3, 0.4) is 0 Å². The van der Waals surface area contributed by atoms with Gasteiger partial charge in [-0.3, -0.25) is 4.79 Å². The number of unbranched alkanes of at least 4 members (excludes halogenated alkanes) is 13. The number of hydrogen-bond donors (Lipinski definition) is 2. The number of aliphatic hydroxyl groups excluding tert-OH is 1. The first-order valence-electron chi connectivity index (χ1n) is 12.6. The molecule has 2 N–H and O–H groups in total. The molecule has 0 saturated carbocycles. The molecule has 0 rings (SSSR count). The second-order valence-electron chi connectivity index (χ2n) is 8.25. The summed E-state index contributed by atoms with van der Waals surface area (Å²) in [5, 5.41) is 17.3. The second-order valence-corrected chi connectivity index (χ2v) is 8.25. The molecule has 0 aromatic heterocycles. The van der Waals surface area contributed by atoms with Crippen LogP contribution >= 0.6 is 0 Å². The summed E-state index contributed by atoms with van der Waals surface area (Å²) in [6, 6.07) is 0. The van der Waals surface area contributed by atoms with Crippen molar-refractivity contribution in [3.8, 4) is 0 Å². The first-order chi connectivity index (χ1) is 14.1. The highest BCUT2D eigenvalue weighted by atomic mass is 16.4. The molecular weight excluding hydrogens is 360 g/mol. The molecule has 29 heavy (non-hydrogen) atoms. The third kappa shape index (κ3) is 27.2. The highest BCUT2D eigenvalue weighted by molar-refractivity contribution is 5.69. The highest BCUT2D eigenvalue weighted by Gasteiger charge is 2.12. The normalized spacial score (nSPS) is 12.0. The zero-order valence-electron chi connectivity index (χ0n) is 20.0. The van der Waals surface area contributed by atoms with Gasteiger partial charge < -0.3 is 10.2 Å². The van der Waals surface area contributed by atoms with Gasteiger partial charge in [-0.05, 0) is 44.9 Å². The van der Waals surface area contributed by atoms with Gasteiger partial charge >= 0.3 is 5.97 Å². The summed E-state index contributed by atoms with van der Waals surface area (Å²) in [4.78, 5) is 10.4. The summed E-state index contributed by atoms with van der Waals surface area (Å²) < 4.78 is 0. The van der Waals surface area contributed by atoms with Crippen molar-refractivity contribution >= 4 is 5.97 Å². The number of hydrogen-bond acceptors (Lipinski definition) is 2. The topological polar surface area (TPSA) is 57.5 Å². The quantitative estimate of drug-likeness (QED) is 0.156. The number of rotatable bonds is 20. The Morgan fingerprint density at radius 2 is 1.14 bits per heavy atom. The largest absolute Gasteiger partial charge is 0.481 e. The van der Waals surface area contributed by atoms with Crippen molar-refractivity contribution < 1.29 is 15.0 Å². The van der Waals surface area contributed by atoms with Crippen molar-refractivity contribution in [3.05, 3.63) is 12.2 Å². The maximum atomic E-state index is 10.4. The summed E-state index contributed by atoms with van der Waals surface area (Å²) in [6.45, 7) is 6.64. The van der Waals surface area contributed by atoms with E-state index in [1.807, 2.05) is 6.92 Å². The van der Waals surface area contributed by atoms with E-state index in [2.05, 4.69) is 26.0 Å². The van der Waals surface area contributed by atoms with Crippen LogP contribution < -0.4 is 0 Å². The maximum Gasteiger partial charge on any atom is 0.306 e. The third-order valence-corrected chi connectivity index (χ3v) is 5.42. The molecule has 0 aliphatic carbocycles. The average molecular weight is 413 g/mol. The van der Waals surface area contributed by atoms with Crippen LogP contribution in [0.25, 0.3) is 0 Å². The lowest BCUT2D eigenvalue weighted by Gasteiger charge is -2.06. The first kappa shape index (κ1) is 30.4. The van der Waals surface area contributed by atoms with Crippen molar-refractivity contribution in [1.82, 2.24) is 0 Å². The Morgan fingerprint density at radius 3 is 1.55 bits per heavy atom. The number of carbonyl (C=O) groups is 1. The standard InChI is InChI=1S/C18H36O.C8H16O2/c1-2-3-4-5-6-7-8-9-10-11-12-13-14-15-16-17-18-19;1-3-5-6-7(4-2)8(9)10/h9-10,19H,2-8,11-18H2,1H3;7H,3-6H2,1-2H3,(H,9,10)/b10-9-;. The molecule has 3 heteroatoms. The monoisotopic (exact) mass is 412 g/mol. The van der Waals surface area contributed by atoms with E-state index in [4.69, 9.17) is 10.2 Å². The van der Waals surface area contributed by atoms with Crippen LogP contribution in [-0.2, 0) is 4.79 Å². The van der Waals surface area contributed by atoms with Gasteiger partial charge in [-0.1, -0.05) is 104 Å². The fraction of sp³-hybridized carbons (Fsp3) is 0.885. The Bertz CT molecular complexity index is 339. The minimum absolute atomic E-state index is 0.111. The van der Waals surface area contributed by atoms with Crippen molar-refractivity contribution in [1.29, 1.82) is 0 Å². The van der Waals surface area contributed by atoms with Gasteiger partial charge in [0.2, 0.25) is 0 Å². The van der Waals surface area contributed by atoms with Crippen LogP contribution in [0.5, 0.6) is 0 Å². The molecule has 0 fully saturated rings. The van der Waals surface area contributed by atoms with Crippen LogP contribution in [0.4, 0.5) is 0 Å². The predicted octanol–water partition coefficient (Wildman–Crippen LogP) is 8.30. The smallest absolute Gasteiger partial charge is 0.306 e. The van der Waals surface area contributed by atoms with Crippen molar-refractivity contribution in [2.75, 3.05) is 6.61 Å². The third-order valence-electron chi connectivity index (χ3n) is 5.42. The van der Waals surface area contributed by atoms with Gasteiger partial charge in [-0.15, -0.1) is 0 Å². The van der Waals surface area contributed by atoms with Crippen LogP contribution in [0.2, 0.25) is 0 Å². The molecule has 3 nitrogen and oxygen atoms in total.